The second-order valence-electron chi connectivity index (χ2n) is 20.2. The van der Waals surface area contributed by atoms with Crippen molar-refractivity contribution in [3.63, 3.8) is 0 Å². The lowest BCUT2D eigenvalue weighted by molar-refractivity contribution is -0.167. The average molecular weight is 1000 g/mol. The molecular formula is C66H114O6. The molecule has 0 aromatic heterocycles. The highest BCUT2D eigenvalue weighted by atomic mass is 16.6. The van der Waals surface area contributed by atoms with Crippen LogP contribution in [0.25, 0.3) is 0 Å². The van der Waals surface area contributed by atoms with Crippen molar-refractivity contribution >= 4 is 17.9 Å². The summed E-state index contributed by atoms with van der Waals surface area (Å²) in [5.74, 6) is -0.911. The molecular weight excluding hydrogens is 889 g/mol. The maximum Gasteiger partial charge on any atom is 0.306 e. The smallest absolute Gasteiger partial charge is 0.306 e. The van der Waals surface area contributed by atoms with Crippen LogP contribution in [-0.4, -0.2) is 37.2 Å². The van der Waals surface area contributed by atoms with E-state index in [4.69, 9.17) is 14.2 Å². The van der Waals surface area contributed by atoms with Crippen LogP contribution in [0.5, 0.6) is 0 Å². The Morgan fingerprint density at radius 1 is 0.292 bits per heavy atom. The molecule has 0 aliphatic heterocycles. The average Bonchev–Trinajstić information content (AvgIpc) is 3.38. The maximum atomic E-state index is 12.9. The molecule has 0 spiro atoms. The van der Waals surface area contributed by atoms with Crippen LogP contribution >= 0.6 is 0 Å². The summed E-state index contributed by atoms with van der Waals surface area (Å²) in [6.07, 6.45) is 78.7. The van der Waals surface area contributed by atoms with Crippen LogP contribution in [0.3, 0.4) is 0 Å². The first-order valence-electron chi connectivity index (χ1n) is 30.6. The number of rotatable bonds is 55. The summed E-state index contributed by atoms with van der Waals surface area (Å²) in [5.41, 5.74) is 0. The van der Waals surface area contributed by atoms with Crippen LogP contribution in [0.4, 0.5) is 0 Å². The molecule has 0 heterocycles. The van der Waals surface area contributed by atoms with Crippen LogP contribution < -0.4 is 0 Å². The molecule has 0 saturated carbocycles. The number of hydrogen-bond acceptors (Lipinski definition) is 6. The predicted molar refractivity (Wildman–Crippen MR) is 311 cm³/mol. The maximum absolute atomic E-state index is 12.9. The van der Waals surface area contributed by atoms with Gasteiger partial charge in [0.1, 0.15) is 13.2 Å². The molecule has 0 rings (SSSR count). The predicted octanol–water partition coefficient (Wildman–Crippen LogP) is 20.7. The minimum atomic E-state index is -0.790. The summed E-state index contributed by atoms with van der Waals surface area (Å²) in [7, 11) is 0. The third-order valence-electron chi connectivity index (χ3n) is 13.1. The Hall–Kier alpha value is -3.41. The van der Waals surface area contributed by atoms with Gasteiger partial charge in [-0.15, -0.1) is 0 Å². The van der Waals surface area contributed by atoms with E-state index in [-0.39, 0.29) is 31.1 Å². The van der Waals surface area contributed by atoms with Gasteiger partial charge >= 0.3 is 17.9 Å². The van der Waals surface area contributed by atoms with Gasteiger partial charge < -0.3 is 14.2 Å². The molecule has 0 bridgehead atoms. The molecule has 0 aromatic rings. The van der Waals surface area contributed by atoms with Crippen molar-refractivity contribution in [3.8, 4) is 0 Å². The Labute approximate surface area is 445 Å². The van der Waals surface area contributed by atoms with Crippen molar-refractivity contribution in [1.29, 1.82) is 0 Å². The molecule has 1 unspecified atom stereocenters. The van der Waals surface area contributed by atoms with Crippen LogP contribution in [0, 0.1) is 0 Å². The molecule has 6 nitrogen and oxygen atoms in total. The van der Waals surface area contributed by atoms with Crippen molar-refractivity contribution in [2.75, 3.05) is 13.2 Å². The van der Waals surface area contributed by atoms with Gasteiger partial charge in [-0.3, -0.25) is 14.4 Å². The van der Waals surface area contributed by atoms with E-state index < -0.39 is 6.10 Å². The lowest BCUT2D eigenvalue weighted by Gasteiger charge is -2.18. The van der Waals surface area contributed by atoms with E-state index in [0.717, 1.165) is 116 Å². The molecule has 0 saturated heterocycles. The van der Waals surface area contributed by atoms with Crippen LogP contribution in [0.1, 0.15) is 297 Å². The van der Waals surface area contributed by atoms with Gasteiger partial charge in [0.15, 0.2) is 6.10 Å². The minimum absolute atomic E-state index is 0.0872. The Morgan fingerprint density at radius 2 is 0.556 bits per heavy atom. The quantitative estimate of drug-likeness (QED) is 0.0261. The Kier molecular flexibility index (Phi) is 57.3. The summed E-state index contributed by atoms with van der Waals surface area (Å²) >= 11 is 0. The standard InChI is InChI=1S/C66H114O6/c1-4-7-10-13-16-19-22-24-26-28-30-32-33-34-36-37-39-41-44-47-50-53-56-59-65(68)71-62-63(61-70-64(67)58-55-52-49-46-43-21-18-15-12-9-6-3)72-66(69)60-57-54-51-48-45-42-40-38-35-31-29-27-25-23-20-17-14-11-8-5-2/h7,10,15-16,18-19,24,26,30,32,34,36,39,41,63H,4-6,8-9,11-14,17,20-23,25,27-29,31,33,35,37-38,40,42-62H2,1-3H3/b10-7-,18-15-,19-16-,26-24-,32-30-,36-34-,41-39-. The molecule has 72 heavy (non-hydrogen) atoms. The third kappa shape index (κ3) is 57.5. The van der Waals surface area contributed by atoms with Crippen molar-refractivity contribution in [2.45, 2.75) is 303 Å². The van der Waals surface area contributed by atoms with Crippen molar-refractivity contribution in [3.05, 3.63) is 85.1 Å². The molecule has 6 heteroatoms. The van der Waals surface area contributed by atoms with Crippen molar-refractivity contribution in [1.82, 2.24) is 0 Å². The van der Waals surface area contributed by atoms with Crippen molar-refractivity contribution in [2.24, 2.45) is 0 Å². The fraction of sp³-hybridized carbons (Fsp3) is 0.742. The van der Waals surface area contributed by atoms with Gasteiger partial charge in [-0.25, -0.2) is 0 Å². The van der Waals surface area contributed by atoms with E-state index >= 15 is 0 Å². The van der Waals surface area contributed by atoms with E-state index in [1.165, 1.54) is 141 Å². The monoisotopic (exact) mass is 1000 g/mol. The molecule has 0 fully saturated rings. The van der Waals surface area contributed by atoms with E-state index in [2.05, 4.69) is 106 Å². The third-order valence-corrected chi connectivity index (χ3v) is 13.1. The fourth-order valence-corrected chi connectivity index (χ4v) is 8.55. The topological polar surface area (TPSA) is 78.9 Å². The van der Waals surface area contributed by atoms with E-state index in [9.17, 15) is 14.4 Å². The fourth-order valence-electron chi connectivity index (χ4n) is 8.55. The second-order valence-corrected chi connectivity index (χ2v) is 20.2. The highest BCUT2D eigenvalue weighted by Gasteiger charge is 2.19. The Bertz CT molecular complexity index is 1380. The molecule has 0 aromatic carbocycles. The molecule has 1 atom stereocenters. The first-order chi connectivity index (χ1) is 35.5. The summed E-state index contributed by atoms with van der Waals surface area (Å²) in [4.78, 5) is 38.2. The lowest BCUT2D eigenvalue weighted by atomic mass is 10.0. The lowest BCUT2D eigenvalue weighted by Crippen LogP contribution is -2.30. The number of hydrogen-bond donors (Lipinski definition) is 0. The molecule has 0 aliphatic carbocycles. The number of allylic oxidation sites excluding steroid dienone is 14. The molecule has 414 valence electrons. The van der Waals surface area contributed by atoms with Gasteiger partial charge in [0, 0.05) is 19.3 Å². The zero-order chi connectivity index (χ0) is 52.2. The minimum Gasteiger partial charge on any atom is -0.462 e. The van der Waals surface area contributed by atoms with Crippen LogP contribution in [0.2, 0.25) is 0 Å². The number of carbonyl (C=O) groups is 3. The van der Waals surface area contributed by atoms with Gasteiger partial charge in [-0.1, -0.05) is 273 Å². The number of esters is 3. The highest BCUT2D eigenvalue weighted by molar-refractivity contribution is 5.71. The van der Waals surface area contributed by atoms with Gasteiger partial charge in [0.25, 0.3) is 0 Å². The van der Waals surface area contributed by atoms with Crippen LogP contribution in [0.15, 0.2) is 85.1 Å². The van der Waals surface area contributed by atoms with Gasteiger partial charge in [-0.2, -0.15) is 0 Å². The summed E-state index contributed by atoms with van der Waals surface area (Å²) < 4.78 is 16.9. The molecule has 0 aliphatic rings. The highest BCUT2D eigenvalue weighted by Crippen LogP contribution is 2.16. The SMILES string of the molecule is CC/C=C\C/C=C\C/C=C\C/C=C\C/C=C\C/C=C\CCCCCCC(=O)OCC(COC(=O)CCCCCCC/C=C\CCCC)OC(=O)CCCCCCCCCCCCCCCCCCCCCC. The molecule has 0 amide bonds. The first kappa shape index (κ1) is 68.6. The number of unbranched alkanes of at least 4 members (excludes halogenated alkanes) is 30. The van der Waals surface area contributed by atoms with E-state index in [0.29, 0.717) is 19.3 Å². The summed E-state index contributed by atoms with van der Waals surface area (Å²) in [6, 6.07) is 0. The van der Waals surface area contributed by atoms with Crippen LogP contribution in [-0.2, 0) is 28.6 Å². The van der Waals surface area contributed by atoms with E-state index in [1.54, 1.807) is 0 Å². The number of ether oxygens (including phenoxy) is 3. The van der Waals surface area contributed by atoms with Gasteiger partial charge in [-0.05, 0) is 89.9 Å². The second kappa shape index (κ2) is 60.1. The van der Waals surface area contributed by atoms with Gasteiger partial charge in [0.2, 0.25) is 0 Å². The Balaban J connectivity index is 4.35. The number of carbonyl (C=O) groups excluding carboxylic acids is 3. The van der Waals surface area contributed by atoms with Crippen molar-refractivity contribution < 1.29 is 28.6 Å². The molecule has 0 N–H and O–H groups in total. The van der Waals surface area contributed by atoms with Gasteiger partial charge in [0.05, 0.1) is 0 Å². The Morgan fingerprint density at radius 3 is 0.903 bits per heavy atom. The zero-order valence-electron chi connectivity index (χ0n) is 47.4. The first-order valence-corrected chi connectivity index (χ1v) is 30.6. The normalized spacial score (nSPS) is 12.7. The summed E-state index contributed by atoms with van der Waals surface area (Å²) in [6.45, 7) is 6.49. The largest absolute Gasteiger partial charge is 0.462 e. The molecule has 0 radical (unpaired) electrons. The summed E-state index contributed by atoms with van der Waals surface area (Å²) in [5, 5.41) is 0. The zero-order valence-corrected chi connectivity index (χ0v) is 47.4. The van der Waals surface area contributed by atoms with E-state index in [1.807, 2.05) is 0 Å².